The summed E-state index contributed by atoms with van der Waals surface area (Å²) >= 11 is 0. The molecule has 0 aliphatic heterocycles. The van der Waals surface area contributed by atoms with E-state index in [4.69, 9.17) is 9.47 Å². The molecule has 0 unspecified atom stereocenters. The second-order valence-electron chi connectivity index (χ2n) is 6.98. The van der Waals surface area contributed by atoms with E-state index in [0.29, 0.717) is 6.61 Å². The molecular formula is C20H36IN3O2. The Morgan fingerprint density at radius 1 is 1.12 bits per heavy atom. The van der Waals surface area contributed by atoms with Gasteiger partial charge in [-0.15, -0.1) is 24.0 Å². The standard InChI is InChI=1S/C20H35N3O2.HI/c1-6-24-13-8-7-12-22-19(21-5)23-15-17-10-9-11-18(14-17)16-25-20(2,3)4;/h9-11,14H,6-8,12-13,15-16H2,1-5H3,(H2,21,22,23);1H. The average Bonchev–Trinajstić information content (AvgIpc) is 2.58. The first kappa shape index (κ1) is 25.1. The second-order valence-corrected chi connectivity index (χ2v) is 6.98. The predicted octanol–water partition coefficient (Wildman–Crippen LogP) is 4.10. The molecule has 26 heavy (non-hydrogen) atoms. The van der Waals surface area contributed by atoms with Gasteiger partial charge in [0.05, 0.1) is 12.2 Å². The normalized spacial score (nSPS) is 11.8. The van der Waals surface area contributed by atoms with Gasteiger partial charge in [-0.2, -0.15) is 0 Å². The van der Waals surface area contributed by atoms with Crippen molar-refractivity contribution in [3.63, 3.8) is 0 Å². The van der Waals surface area contributed by atoms with E-state index in [1.807, 2.05) is 6.92 Å². The van der Waals surface area contributed by atoms with E-state index in [1.54, 1.807) is 7.05 Å². The lowest BCUT2D eigenvalue weighted by atomic mass is 10.1. The third kappa shape index (κ3) is 12.5. The highest BCUT2D eigenvalue weighted by atomic mass is 127. The zero-order valence-corrected chi connectivity index (χ0v) is 19.3. The lowest BCUT2D eigenvalue weighted by Gasteiger charge is -2.19. The molecule has 0 fully saturated rings. The average molecular weight is 477 g/mol. The number of ether oxygens (including phenoxy) is 2. The number of unbranched alkanes of at least 4 members (excludes halogenated alkanes) is 1. The summed E-state index contributed by atoms with van der Waals surface area (Å²) in [7, 11) is 1.79. The Bertz CT molecular complexity index is 516. The number of halogens is 1. The summed E-state index contributed by atoms with van der Waals surface area (Å²) in [4.78, 5) is 4.27. The molecule has 1 aromatic rings. The van der Waals surface area contributed by atoms with Crippen molar-refractivity contribution in [3.05, 3.63) is 35.4 Å². The van der Waals surface area contributed by atoms with E-state index in [0.717, 1.165) is 45.1 Å². The van der Waals surface area contributed by atoms with Crippen LogP contribution in [0, 0.1) is 0 Å². The van der Waals surface area contributed by atoms with Crippen LogP contribution in [0.5, 0.6) is 0 Å². The van der Waals surface area contributed by atoms with Crippen LogP contribution in [0.15, 0.2) is 29.3 Å². The molecule has 0 aliphatic rings. The van der Waals surface area contributed by atoms with Crippen molar-refractivity contribution < 1.29 is 9.47 Å². The fraction of sp³-hybridized carbons (Fsp3) is 0.650. The maximum absolute atomic E-state index is 5.84. The number of aliphatic imine (C=N–C) groups is 1. The van der Waals surface area contributed by atoms with E-state index in [9.17, 15) is 0 Å². The number of benzene rings is 1. The van der Waals surface area contributed by atoms with Gasteiger partial charge >= 0.3 is 0 Å². The Hall–Kier alpha value is -0.860. The van der Waals surface area contributed by atoms with Crippen LogP contribution in [-0.4, -0.2) is 38.4 Å². The Morgan fingerprint density at radius 3 is 2.50 bits per heavy atom. The van der Waals surface area contributed by atoms with Gasteiger partial charge in [0.2, 0.25) is 0 Å². The predicted molar refractivity (Wildman–Crippen MR) is 120 cm³/mol. The van der Waals surface area contributed by atoms with E-state index in [2.05, 4.69) is 60.7 Å². The minimum atomic E-state index is -0.123. The van der Waals surface area contributed by atoms with E-state index in [1.165, 1.54) is 11.1 Å². The highest BCUT2D eigenvalue weighted by molar-refractivity contribution is 14.0. The SMILES string of the molecule is CCOCCCCNC(=NC)NCc1cccc(COC(C)(C)C)c1.I. The highest BCUT2D eigenvalue weighted by Crippen LogP contribution is 2.13. The summed E-state index contributed by atoms with van der Waals surface area (Å²) in [6.07, 6.45) is 2.13. The van der Waals surface area contributed by atoms with Crippen molar-refractivity contribution in [2.75, 3.05) is 26.8 Å². The molecule has 0 radical (unpaired) electrons. The molecular weight excluding hydrogens is 441 g/mol. The third-order valence-electron chi connectivity index (χ3n) is 3.56. The van der Waals surface area contributed by atoms with Gasteiger partial charge in [-0.3, -0.25) is 4.99 Å². The Balaban J connectivity index is 0.00000625. The number of nitrogens with one attached hydrogen (secondary N) is 2. The van der Waals surface area contributed by atoms with Crippen LogP contribution >= 0.6 is 24.0 Å². The van der Waals surface area contributed by atoms with Crippen LogP contribution in [0.25, 0.3) is 0 Å². The minimum Gasteiger partial charge on any atom is -0.382 e. The molecule has 0 saturated carbocycles. The van der Waals surface area contributed by atoms with Gasteiger partial charge in [0.15, 0.2) is 5.96 Å². The van der Waals surface area contributed by atoms with Gasteiger partial charge in [0.1, 0.15) is 0 Å². The fourth-order valence-corrected chi connectivity index (χ4v) is 2.22. The van der Waals surface area contributed by atoms with Crippen LogP contribution in [0.1, 0.15) is 51.7 Å². The van der Waals surface area contributed by atoms with Crippen LogP contribution in [-0.2, 0) is 22.6 Å². The molecule has 0 atom stereocenters. The molecule has 1 aromatic carbocycles. The van der Waals surface area contributed by atoms with Crippen molar-refractivity contribution in [2.45, 2.75) is 59.3 Å². The topological polar surface area (TPSA) is 54.9 Å². The highest BCUT2D eigenvalue weighted by Gasteiger charge is 2.10. The first-order valence-corrected chi connectivity index (χ1v) is 9.18. The van der Waals surface area contributed by atoms with Gasteiger partial charge in [-0.05, 0) is 51.7 Å². The summed E-state index contributed by atoms with van der Waals surface area (Å²) in [6.45, 7) is 12.1. The maximum Gasteiger partial charge on any atom is 0.191 e. The molecule has 1 rings (SSSR count). The van der Waals surface area contributed by atoms with Crippen molar-refractivity contribution in [3.8, 4) is 0 Å². The van der Waals surface area contributed by atoms with Gasteiger partial charge in [0.25, 0.3) is 0 Å². The van der Waals surface area contributed by atoms with E-state index >= 15 is 0 Å². The minimum absolute atomic E-state index is 0. The maximum atomic E-state index is 5.84. The van der Waals surface area contributed by atoms with Crippen molar-refractivity contribution in [1.29, 1.82) is 0 Å². The summed E-state index contributed by atoms with van der Waals surface area (Å²) < 4.78 is 11.2. The Labute approximate surface area is 176 Å². The molecule has 0 bridgehead atoms. The van der Waals surface area contributed by atoms with Crippen LogP contribution < -0.4 is 10.6 Å². The van der Waals surface area contributed by atoms with Crippen molar-refractivity contribution in [1.82, 2.24) is 10.6 Å². The van der Waals surface area contributed by atoms with Crippen LogP contribution in [0.4, 0.5) is 0 Å². The zero-order chi connectivity index (χ0) is 18.5. The molecule has 0 saturated heterocycles. The van der Waals surface area contributed by atoms with Crippen LogP contribution in [0.3, 0.4) is 0 Å². The summed E-state index contributed by atoms with van der Waals surface area (Å²) in [5.74, 6) is 0.827. The number of hydrogen-bond acceptors (Lipinski definition) is 3. The summed E-state index contributed by atoms with van der Waals surface area (Å²) in [5.41, 5.74) is 2.28. The van der Waals surface area contributed by atoms with Crippen LogP contribution in [0.2, 0.25) is 0 Å². The molecule has 0 heterocycles. The summed E-state index contributed by atoms with van der Waals surface area (Å²) in [5, 5.41) is 6.69. The number of guanidine groups is 1. The lowest BCUT2D eigenvalue weighted by Crippen LogP contribution is -2.37. The lowest BCUT2D eigenvalue weighted by molar-refractivity contribution is -0.0149. The van der Waals surface area contributed by atoms with Gasteiger partial charge in [0, 0.05) is 33.4 Å². The molecule has 6 heteroatoms. The number of nitrogens with zero attached hydrogens (tertiary/aromatic N) is 1. The van der Waals surface area contributed by atoms with Gasteiger partial charge in [-0.25, -0.2) is 0 Å². The van der Waals surface area contributed by atoms with Gasteiger partial charge in [-0.1, -0.05) is 24.3 Å². The van der Waals surface area contributed by atoms with Crippen molar-refractivity contribution >= 4 is 29.9 Å². The fourth-order valence-electron chi connectivity index (χ4n) is 2.22. The quantitative estimate of drug-likeness (QED) is 0.231. The molecule has 0 spiro atoms. The van der Waals surface area contributed by atoms with E-state index in [-0.39, 0.29) is 29.6 Å². The molecule has 5 nitrogen and oxygen atoms in total. The number of rotatable bonds is 10. The molecule has 0 amide bonds. The summed E-state index contributed by atoms with van der Waals surface area (Å²) in [6, 6.07) is 8.46. The zero-order valence-electron chi connectivity index (χ0n) is 16.9. The molecule has 0 aromatic heterocycles. The molecule has 0 aliphatic carbocycles. The second kappa shape index (κ2) is 14.2. The first-order valence-electron chi connectivity index (χ1n) is 9.18. The third-order valence-corrected chi connectivity index (χ3v) is 3.56. The molecule has 150 valence electrons. The smallest absolute Gasteiger partial charge is 0.191 e. The number of hydrogen-bond donors (Lipinski definition) is 2. The largest absolute Gasteiger partial charge is 0.382 e. The van der Waals surface area contributed by atoms with E-state index < -0.39 is 0 Å². The Morgan fingerprint density at radius 2 is 1.85 bits per heavy atom. The molecule has 2 N–H and O–H groups in total. The monoisotopic (exact) mass is 477 g/mol. The Kier molecular flexibility index (Phi) is 13.8. The van der Waals surface area contributed by atoms with Gasteiger partial charge < -0.3 is 20.1 Å². The first-order chi connectivity index (χ1) is 11.9. The van der Waals surface area contributed by atoms with Crippen molar-refractivity contribution in [2.24, 2.45) is 4.99 Å².